The Morgan fingerprint density at radius 3 is 2.11 bits per heavy atom. The Labute approximate surface area is 108 Å². The summed E-state index contributed by atoms with van der Waals surface area (Å²) in [6, 6.07) is 5.54. The highest BCUT2D eigenvalue weighted by molar-refractivity contribution is 5.40. The van der Waals surface area contributed by atoms with E-state index in [-0.39, 0.29) is 12.1 Å². The van der Waals surface area contributed by atoms with Gasteiger partial charge in [-0.2, -0.15) is 0 Å². The second-order valence-corrected chi connectivity index (χ2v) is 3.95. The van der Waals surface area contributed by atoms with Gasteiger partial charge in [-0.1, -0.05) is 0 Å². The van der Waals surface area contributed by atoms with Gasteiger partial charge in [-0.3, -0.25) is 11.3 Å². The van der Waals surface area contributed by atoms with E-state index in [1.165, 1.54) is 0 Å². The summed E-state index contributed by atoms with van der Waals surface area (Å²) in [6.07, 6.45) is -0.0446. The van der Waals surface area contributed by atoms with E-state index in [0.717, 1.165) is 17.1 Å². The number of nitrogens with one attached hydrogen (secondary N) is 1. The van der Waals surface area contributed by atoms with Gasteiger partial charge in [0.15, 0.2) is 0 Å². The number of ether oxygens (including phenoxy) is 3. The van der Waals surface area contributed by atoms with Crippen LogP contribution in [-0.4, -0.2) is 26.9 Å². The van der Waals surface area contributed by atoms with Crippen molar-refractivity contribution in [2.24, 2.45) is 5.84 Å². The zero-order valence-corrected chi connectivity index (χ0v) is 11.4. The summed E-state index contributed by atoms with van der Waals surface area (Å²) in [5.41, 5.74) is 3.74. The molecule has 18 heavy (non-hydrogen) atoms. The molecule has 0 saturated heterocycles. The predicted octanol–water partition coefficient (Wildman–Crippen LogP) is 1.63. The van der Waals surface area contributed by atoms with Crippen molar-refractivity contribution in [3.8, 4) is 11.5 Å². The molecule has 0 aliphatic heterocycles. The molecule has 1 rings (SSSR count). The standard InChI is InChI=1S/C13H22N2O3/c1-5-18-9(2)13(15-14)10-6-11(16-3)8-12(7-10)17-4/h6-9,13,15H,5,14H2,1-4H3. The maximum absolute atomic E-state index is 5.61. The van der Waals surface area contributed by atoms with Crippen molar-refractivity contribution in [2.45, 2.75) is 26.0 Å². The molecule has 3 N–H and O–H groups in total. The van der Waals surface area contributed by atoms with Gasteiger partial charge < -0.3 is 14.2 Å². The highest BCUT2D eigenvalue weighted by Gasteiger charge is 2.19. The van der Waals surface area contributed by atoms with Gasteiger partial charge in [-0.15, -0.1) is 0 Å². The van der Waals surface area contributed by atoms with E-state index >= 15 is 0 Å². The van der Waals surface area contributed by atoms with Crippen molar-refractivity contribution in [3.05, 3.63) is 23.8 Å². The highest BCUT2D eigenvalue weighted by Crippen LogP contribution is 2.28. The predicted molar refractivity (Wildman–Crippen MR) is 70.7 cm³/mol. The highest BCUT2D eigenvalue weighted by atomic mass is 16.5. The molecule has 2 atom stereocenters. The van der Waals surface area contributed by atoms with Crippen LogP contribution in [0.5, 0.6) is 11.5 Å². The number of methoxy groups -OCH3 is 2. The molecule has 0 spiro atoms. The van der Waals surface area contributed by atoms with Crippen LogP contribution in [0.15, 0.2) is 18.2 Å². The number of hydrogen-bond donors (Lipinski definition) is 2. The molecule has 5 heteroatoms. The first-order chi connectivity index (χ1) is 8.65. The molecule has 5 nitrogen and oxygen atoms in total. The molecule has 102 valence electrons. The first-order valence-corrected chi connectivity index (χ1v) is 5.96. The van der Waals surface area contributed by atoms with E-state index in [1.807, 2.05) is 32.0 Å². The maximum atomic E-state index is 5.61. The molecule has 1 aromatic rings. The van der Waals surface area contributed by atoms with E-state index in [4.69, 9.17) is 20.1 Å². The van der Waals surface area contributed by atoms with Crippen LogP contribution in [0.25, 0.3) is 0 Å². The second kappa shape index (κ2) is 7.20. The second-order valence-electron chi connectivity index (χ2n) is 3.95. The van der Waals surface area contributed by atoms with Crippen LogP contribution in [-0.2, 0) is 4.74 Å². The van der Waals surface area contributed by atoms with Crippen LogP contribution in [0.4, 0.5) is 0 Å². The zero-order valence-electron chi connectivity index (χ0n) is 11.4. The molecule has 0 aliphatic rings. The fraction of sp³-hybridized carbons (Fsp3) is 0.538. The molecule has 1 aromatic carbocycles. The van der Waals surface area contributed by atoms with Gasteiger partial charge in [0.2, 0.25) is 0 Å². The maximum Gasteiger partial charge on any atom is 0.122 e. The summed E-state index contributed by atoms with van der Waals surface area (Å²) in [7, 11) is 3.24. The summed E-state index contributed by atoms with van der Waals surface area (Å²) >= 11 is 0. The van der Waals surface area contributed by atoms with Crippen LogP contribution in [0.3, 0.4) is 0 Å². The minimum absolute atomic E-state index is 0.0446. The van der Waals surface area contributed by atoms with Gasteiger partial charge in [0.25, 0.3) is 0 Å². The third kappa shape index (κ3) is 3.60. The quantitative estimate of drug-likeness (QED) is 0.572. The van der Waals surface area contributed by atoms with E-state index in [1.54, 1.807) is 14.2 Å². The molecule has 0 aliphatic carbocycles. The topological polar surface area (TPSA) is 65.7 Å². The Bertz CT molecular complexity index is 349. The van der Waals surface area contributed by atoms with Crippen LogP contribution >= 0.6 is 0 Å². The van der Waals surface area contributed by atoms with Crippen molar-refractivity contribution in [1.82, 2.24) is 5.43 Å². The SMILES string of the molecule is CCOC(C)C(NN)c1cc(OC)cc(OC)c1. The van der Waals surface area contributed by atoms with E-state index < -0.39 is 0 Å². The van der Waals surface area contributed by atoms with Crippen LogP contribution < -0.4 is 20.7 Å². The van der Waals surface area contributed by atoms with Crippen LogP contribution in [0, 0.1) is 0 Å². The molecule has 0 fully saturated rings. The van der Waals surface area contributed by atoms with Crippen molar-refractivity contribution in [1.29, 1.82) is 0 Å². The van der Waals surface area contributed by atoms with Gasteiger partial charge in [-0.25, -0.2) is 0 Å². The lowest BCUT2D eigenvalue weighted by molar-refractivity contribution is 0.0471. The molecular formula is C13H22N2O3. The first kappa shape index (κ1) is 14.8. The molecule has 0 amide bonds. The third-order valence-electron chi connectivity index (χ3n) is 2.81. The number of benzene rings is 1. The van der Waals surface area contributed by atoms with Crippen molar-refractivity contribution < 1.29 is 14.2 Å². The number of rotatable bonds is 7. The summed E-state index contributed by atoms with van der Waals surface area (Å²) in [5.74, 6) is 7.07. The fourth-order valence-electron chi connectivity index (χ4n) is 1.87. The van der Waals surface area contributed by atoms with Gasteiger partial charge in [0.1, 0.15) is 11.5 Å². The summed E-state index contributed by atoms with van der Waals surface area (Å²) in [6.45, 7) is 4.57. The van der Waals surface area contributed by atoms with E-state index in [9.17, 15) is 0 Å². The minimum atomic E-state index is -0.117. The molecule has 0 saturated carbocycles. The number of hydrazine groups is 1. The number of nitrogens with two attached hydrogens (primary N) is 1. The van der Waals surface area contributed by atoms with Gasteiger partial charge in [0, 0.05) is 12.7 Å². The zero-order chi connectivity index (χ0) is 13.5. The third-order valence-corrected chi connectivity index (χ3v) is 2.81. The normalized spacial score (nSPS) is 14.1. The molecule has 0 heterocycles. The Kier molecular flexibility index (Phi) is 5.91. The summed E-state index contributed by atoms with van der Waals surface area (Å²) in [5, 5.41) is 0. The van der Waals surface area contributed by atoms with Crippen LogP contribution in [0.1, 0.15) is 25.5 Å². The van der Waals surface area contributed by atoms with Crippen molar-refractivity contribution >= 4 is 0 Å². The van der Waals surface area contributed by atoms with Gasteiger partial charge >= 0.3 is 0 Å². The van der Waals surface area contributed by atoms with E-state index in [2.05, 4.69) is 5.43 Å². The lowest BCUT2D eigenvalue weighted by Gasteiger charge is -2.24. The summed E-state index contributed by atoms with van der Waals surface area (Å²) in [4.78, 5) is 0. The average molecular weight is 254 g/mol. The molecule has 0 radical (unpaired) electrons. The van der Waals surface area contributed by atoms with Gasteiger partial charge in [-0.05, 0) is 31.5 Å². The van der Waals surface area contributed by atoms with Crippen molar-refractivity contribution in [2.75, 3.05) is 20.8 Å². The Balaban J connectivity index is 3.03. The van der Waals surface area contributed by atoms with Gasteiger partial charge in [0.05, 0.1) is 26.4 Å². The number of hydrogen-bond acceptors (Lipinski definition) is 5. The average Bonchev–Trinajstić information content (AvgIpc) is 2.39. The van der Waals surface area contributed by atoms with E-state index in [0.29, 0.717) is 6.61 Å². The summed E-state index contributed by atoms with van der Waals surface area (Å²) < 4.78 is 16.1. The molecule has 0 bridgehead atoms. The lowest BCUT2D eigenvalue weighted by atomic mass is 10.0. The van der Waals surface area contributed by atoms with Crippen LogP contribution in [0.2, 0.25) is 0 Å². The Morgan fingerprint density at radius 2 is 1.72 bits per heavy atom. The fourth-order valence-corrected chi connectivity index (χ4v) is 1.87. The largest absolute Gasteiger partial charge is 0.497 e. The Hall–Kier alpha value is -1.30. The van der Waals surface area contributed by atoms with Crippen molar-refractivity contribution in [3.63, 3.8) is 0 Å². The minimum Gasteiger partial charge on any atom is -0.497 e. The molecule has 0 aromatic heterocycles. The molecular weight excluding hydrogens is 232 g/mol. The lowest BCUT2D eigenvalue weighted by Crippen LogP contribution is -2.36. The monoisotopic (exact) mass is 254 g/mol. The Morgan fingerprint density at radius 1 is 1.17 bits per heavy atom. The molecule has 2 unspecified atom stereocenters. The smallest absolute Gasteiger partial charge is 0.122 e. The first-order valence-electron chi connectivity index (χ1n) is 5.96.